The predicted octanol–water partition coefficient (Wildman–Crippen LogP) is 3.02. The van der Waals surface area contributed by atoms with Crippen LogP contribution >= 0.6 is 11.6 Å². The Morgan fingerprint density at radius 3 is 2.88 bits per heavy atom. The number of hydrogen-bond acceptors (Lipinski definition) is 1. The third-order valence-electron chi connectivity index (χ3n) is 2.34. The lowest BCUT2D eigenvalue weighted by atomic mass is 10.0. The molecule has 0 heterocycles. The molecule has 0 aliphatic carbocycles. The van der Waals surface area contributed by atoms with Crippen molar-refractivity contribution in [2.45, 2.75) is 25.8 Å². The van der Waals surface area contributed by atoms with Crippen molar-refractivity contribution in [3.63, 3.8) is 0 Å². The molecule has 1 nitrogen and oxygen atoms in total. The first-order chi connectivity index (χ1) is 7.67. The highest BCUT2D eigenvalue weighted by Gasteiger charge is 2.10. The molecule has 1 N–H and O–H groups in total. The topological polar surface area (TPSA) is 12.0 Å². The molecule has 86 valence electrons. The molecule has 1 rings (SSSR count). The molecule has 0 amide bonds. The zero-order chi connectivity index (χ0) is 12.0. The molecule has 0 aliphatic heterocycles. The van der Waals surface area contributed by atoms with E-state index in [2.05, 4.69) is 11.2 Å². The van der Waals surface area contributed by atoms with Crippen LogP contribution in [0.2, 0.25) is 5.02 Å². The summed E-state index contributed by atoms with van der Waals surface area (Å²) < 4.78 is 12.8. The fraction of sp³-hybridized carbons (Fsp3) is 0.385. The standard InChI is InChI=1S/C13H15ClFN/c1-3-5-12(16-4-2)8-10-6-7-11(15)9-13(10)14/h1,6-7,9,12,16H,4-5,8H2,2H3. The van der Waals surface area contributed by atoms with E-state index in [-0.39, 0.29) is 11.9 Å². The molecule has 0 bridgehead atoms. The third-order valence-corrected chi connectivity index (χ3v) is 2.69. The van der Waals surface area contributed by atoms with Gasteiger partial charge in [0.25, 0.3) is 0 Å². The zero-order valence-corrected chi connectivity index (χ0v) is 10.0. The van der Waals surface area contributed by atoms with Crippen LogP contribution in [0.25, 0.3) is 0 Å². The maximum absolute atomic E-state index is 12.8. The summed E-state index contributed by atoms with van der Waals surface area (Å²) in [5, 5.41) is 3.74. The van der Waals surface area contributed by atoms with Gasteiger partial charge >= 0.3 is 0 Å². The SMILES string of the molecule is C#CCC(Cc1ccc(F)cc1Cl)NCC. The van der Waals surface area contributed by atoms with Gasteiger partial charge < -0.3 is 5.32 Å². The van der Waals surface area contributed by atoms with Gasteiger partial charge in [-0.25, -0.2) is 4.39 Å². The molecule has 1 atom stereocenters. The van der Waals surface area contributed by atoms with Crippen LogP contribution in [0.15, 0.2) is 18.2 Å². The van der Waals surface area contributed by atoms with Crippen LogP contribution in [0.3, 0.4) is 0 Å². The number of benzene rings is 1. The van der Waals surface area contributed by atoms with E-state index in [4.69, 9.17) is 18.0 Å². The first-order valence-electron chi connectivity index (χ1n) is 5.28. The Morgan fingerprint density at radius 2 is 2.31 bits per heavy atom. The quantitative estimate of drug-likeness (QED) is 0.779. The maximum atomic E-state index is 12.8. The lowest BCUT2D eigenvalue weighted by Crippen LogP contribution is -2.30. The second kappa shape index (κ2) is 6.52. The van der Waals surface area contributed by atoms with E-state index in [1.165, 1.54) is 12.1 Å². The number of rotatable bonds is 5. The van der Waals surface area contributed by atoms with Crippen LogP contribution in [0, 0.1) is 18.2 Å². The molecule has 0 saturated heterocycles. The van der Waals surface area contributed by atoms with Crippen LogP contribution in [0.5, 0.6) is 0 Å². The lowest BCUT2D eigenvalue weighted by molar-refractivity contribution is 0.534. The Hall–Kier alpha value is -1.04. The molecule has 0 aromatic heterocycles. The molecule has 0 aliphatic rings. The van der Waals surface area contributed by atoms with Crippen LogP contribution in [0.1, 0.15) is 18.9 Å². The molecular formula is C13H15ClFN. The van der Waals surface area contributed by atoms with Gasteiger partial charge in [0, 0.05) is 17.5 Å². The van der Waals surface area contributed by atoms with E-state index in [9.17, 15) is 4.39 Å². The highest BCUT2D eigenvalue weighted by molar-refractivity contribution is 6.31. The average Bonchev–Trinajstić information content (AvgIpc) is 2.23. The van der Waals surface area contributed by atoms with Crippen molar-refractivity contribution in [2.24, 2.45) is 0 Å². The molecular weight excluding hydrogens is 225 g/mol. The Balaban J connectivity index is 2.73. The van der Waals surface area contributed by atoms with Gasteiger partial charge in [0.05, 0.1) is 0 Å². The molecule has 1 aromatic carbocycles. The molecule has 0 spiro atoms. The van der Waals surface area contributed by atoms with Crippen LogP contribution < -0.4 is 5.32 Å². The Kier molecular flexibility index (Phi) is 5.31. The summed E-state index contributed by atoms with van der Waals surface area (Å²) in [5.74, 6) is 2.31. The van der Waals surface area contributed by atoms with E-state index in [0.717, 1.165) is 18.5 Å². The van der Waals surface area contributed by atoms with Crippen molar-refractivity contribution >= 4 is 11.6 Å². The van der Waals surface area contributed by atoms with E-state index in [1.54, 1.807) is 6.07 Å². The minimum atomic E-state index is -0.314. The minimum absolute atomic E-state index is 0.193. The average molecular weight is 240 g/mol. The van der Waals surface area contributed by atoms with E-state index in [1.807, 2.05) is 6.92 Å². The number of hydrogen-bond donors (Lipinski definition) is 1. The highest BCUT2D eigenvalue weighted by Crippen LogP contribution is 2.19. The van der Waals surface area contributed by atoms with Gasteiger partial charge in [-0.3, -0.25) is 0 Å². The summed E-state index contributed by atoms with van der Waals surface area (Å²) >= 11 is 5.95. The van der Waals surface area contributed by atoms with Crippen molar-refractivity contribution in [3.8, 4) is 12.3 Å². The Morgan fingerprint density at radius 1 is 1.56 bits per heavy atom. The molecule has 1 aromatic rings. The van der Waals surface area contributed by atoms with E-state index in [0.29, 0.717) is 11.4 Å². The number of nitrogens with one attached hydrogen (secondary N) is 1. The summed E-state index contributed by atoms with van der Waals surface area (Å²) in [6.45, 7) is 2.88. The Bertz CT molecular complexity index is 384. The van der Waals surface area contributed by atoms with E-state index < -0.39 is 0 Å². The van der Waals surface area contributed by atoms with Crippen molar-refractivity contribution in [1.29, 1.82) is 0 Å². The largest absolute Gasteiger partial charge is 0.313 e. The summed E-state index contributed by atoms with van der Waals surface area (Å²) in [5.41, 5.74) is 0.921. The Labute approximate surface area is 101 Å². The summed E-state index contributed by atoms with van der Waals surface area (Å²) in [6.07, 6.45) is 6.65. The van der Waals surface area contributed by atoms with Crippen LogP contribution in [-0.4, -0.2) is 12.6 Å². The molecule has 3 heteroatoms. The summed E-state index contributed by atoms with van der Waals surface area (Å²) in [6, 6.07) is 4.65. The first-order valence-corrected chi connectivity index (χ1v) is 5.66. The number of halogens is 2. The minimum Gasteiger partial charge on any atom is -0.313 e. The summed E-state index contributed by atoms with van der Waals surface area (Å²) in [7, 11) is 0. The molecule has 1 unspecified atom stereocenters. The lowest BCUT2D eigenvalue weighted by Gasteiger charge is -2.16. The normalized spacial score (nSPS) is 12.1. The van der Waals surface area contributed by atoms with Crippen molar-refractivity contribution in [1.82, 2.24) is 5.32 Å². The van der Waals surface area contributed by atoms with Crippen LogP contribution in [-0.2, 0) is 6.42 Å². The van der Waals surface area contributed by atoms with E-state index >= 15 is 0 Å². The van der Waals surface area contributed by atoms with Gasteiger partial charge in [-0.2, -0.15) is 0 Å². The molecule has 0 fully saturated rings. The predicted molar refractivity (Wildman–Crippen MR) is 66.0 cm³/mol. The van der Waals surface area contributed by atoms with Crippen molar-refractivity contribution in [2.75, 3.05) is 6.54 Å². The van der Waals surface area contributed by atoms with Crippen molar-refractivity contribution in [3.05, 3.63) is 34.6 Å². The molecule has 0 radical (unpaired) electrons. The van der Waals surface area contributed by atoms with Gasteiger partial charge in [-0.05, 0) is 30.7 Å². The molecule has 0 saturated carbocycles. The van der Waals surface area contributed by atoms with Crippen molar-refractivity contribution < 1.29 is 4.39 Å². The number of likely N-dealkylation sites (N-methyl/N-ethyl adjacent to an activating group) is 1. The second-order valence-corrected chi connectivity index (χ2v) is 4.01. The third kappa shape index (κ3) is 3.84. The van der Waals surface area contributed by atoms with Gasteiger partial charge in [0.1, 0.15) is 5.82 Å². The smallest absolute Gasteiger partial charge is 0.124 e. The van der Waals surface area contributed by atoms with Gasteiger partial charge in [0.2, 0.25) is 0 Å². The maximum Gasteiger partial charge on any atom is 0.124 e. The van der Waals surface area contributed by atoms with Gasteiger partial charge in [0.15, 0.2) is 0 Å². The summed E-state index contributed by atoms with van der Waals surface area (Å²) in [4.78, 5) is 0. The monoisotopic (exact) mass is 239 g/mol. The van der Waals surface area contributed by atoms with Gasteiger partial charge in [-0.1, -0.05) is 24.6 Å². The number of terminal acetylenes is 1. The van der Waals surface area contributed by atoms with Crippen LogP contribution in [0.4, 0.5) is 4.39 Å². The van der Waals surface area contributed by atoms with Gasteiger partial charge in [-0.15, -0.1) is 12.3 Å². The first kappa shape index (κ1) is 13.0. The zero-order valence-electron chi connectivity index (χ0n) is 9.26. The fourth-order valence-electron chi connectivity index (χ4n) is 1.60. The second-order valence-electron chi connectivity index (χ2n) is 3.60. The highest BCUT2D eigenvalue weighted by atomic mass is 35.5. The fourth-order valence-corrected chi connectivity index (χ4v) is 1.84. The molecule has 16 heavy (non-hydrogen) atoms.